The Bertz CT molecular complexity index is 839. The van der Waals surface area contributed by atoms with E-state index in [1.807, 2.05) is 29.2 Å². The van der Waals surface area contributed by atoms with Crippen LogP contribution < -0.4 is 4.90 Å². The highest BCUT2D eigenvalue weighted by molar-refractivity contribution is 9.10. The van der Waals surface area contributed by atoms with E-state index < -0.39 is 0 Å². The van der Waals surface area contributed by atoms with Gasteiger partial charge in [-0.3, -0.25) is 4.79 Å². The van der Waals surface area contributed by atoms with Gasteiger partial charge < -0.3 is 4.90 Å². The van der Waals surface area contributed by atoms with Crippen molar-refractivity contribution in [2.45, 2.75) is 6.54 Å². The van der Waals surface area contributed by atoms with E-state index in [1.165, 1.54) is 10.1 Å². The number of rotatable bonds is 1. The van der Waals surface area contributed by atoms with Gasteiger partial charge >= 0.3 is 0 Å². The van der Waals surface area contributed by atoms with E-state index in [9.17, 15) is 4.79 Å². The standard InChI is InChI=1S/C16H10BrNOS/c17-12-2-1-11-9-18(16(19)14(11)8-12)13-3-4-15-10(7-13)5-6-20-15/h1-8H,9H2. The lowest BCUT2D eigenvalue weighted by Crippen LogP contribution is -2.22. The Hall–Kier alpha value is -1.65. The molecule has 2 nitrogen and oxygen atoms in total. The predicted molar refractivity (Wildman–Crippen MR) is 86.5 cm³/mol. The maximum atomic E-state index is 12.5. The van der Waals surface area contributed by atoms with Crippen LogP contribution in [0.15, 0.2) is 52.3 Å². The monoisotopic (exact) mass is 343 g/mol. The van der Waals surface area contributed by atoms with Crippen molar-refractivity contribution in [3.63, 3.8) is 0 Å². The molecule has 3 aromatic rings. The molecule has 98 valence electrons. The number of benzene rings is 2. The summed E-state index contributed by atoms with van der Waals surface area (Å²) in [6, 6.07) is 14.2. The third-order valence-electron chi connectivity index (χ3n) is 3.62. The first kappa shape index (κ1) is 12.1. The number of hydrogen-bond acceptors (Lipinski definition) is 2. The van der Waals surface area contributed by atoms with Crippen LogP contribution in [0.5, 0.6) is 0 Å². The number of halogens is 1. The van der Waals surface area contributed by atoms with Gasteiger partial charge in [0.25, 0.3) is 5.91 Å². The Morgan fingerprint density at radius 1 is 1.10 bits per heavy atom. The number of carbonyl (C=O) groups is 1. The zero-order valence-electron chi connectivity index (χ0n) is 10.5. The van der Waals surface area contributed by atoms with Gasteiger partial charge in [-0.05, 0) is 52.7 Å². The van der Waals surface area contributed by atoms with Crippen LogP contribution in [0.3, 0.4) is 0 Å². The van der Waals surface area contributed by atoms with Crippen LogP contribution in [0.4, 0.5) is 5.69 Å². The molecule has 0 atom stereocenters. The molecule has 0 fully saturated rings. The topological polar surface area (TPSA) is 20.3 Å². The summed E-state index contributed by atoms with van der Waals surface area (Å²) in [6.45, 7) is 0.650. The molecular formula is C16H10BrNOS. The normalized spacial score (nSPS) is 14.1. The number of thiophene rings is 1. The molecule has 0 spiro atoms. The minimum absolute atomic E-state index is 0.0795. The number of carbonyl (C=O) groups excluding carboxylic acids is 1. The van der Waals surface area contributed by atoms with Crippen molar-refractivity contribution in [1.82, 2.24) is 0 Å². The zero-order chi connectivity index (χ0) is 13.7. The molecule has 2 heterocycles. The fraction of sp³-hybridized carbons (Fsp3) is 0.0625. The molecule has 2 aromatic carbocycles. The lowest BCUT2D eigenvalue weighted by atomic mass is 10.1. The molecule has 20 heavy (non-hydrogen) atoms. The van der Waals surface area contributed by atoms with E-state index in [2.05, 4.69) is 39.5 Å². The van der Waals surface area contributed by atoms with Gasteiger partial charge in [-0.15, -0.1) is 11.3 Å². The highest BCUT2D eigenvalue weighted by Crippen LogP contribution is 2.32. The number of fused-ring (bicyclic) bond motifs is 2. The van der Waals surface area contributed by atoms with Crippen molar-refractivity contribution in [2.75, 3.05) is 4.90 Å². The third-order valence-corrected chi connectivity index (χ3v) is 5.01. The van der Waals surface area contributed by atoms with Crippen LogP contribution >= 0.6 is 27.3 Å². The Labute approximate surface area is 128 Å². The van der Waals surface area contributed by atoms with Crippen molar-refractivity contribution in [3.8, 4) is 0 Å². The van der Waals surface area contributed by atoms with Gasteiger partial charge in [0, 0.05) is 20.4 Å². The van der Waals surface area contributed by atoms with Gasteiger partial charge in [-0.2, -0.15) is 0 Å². The van der Waals surface area contributed by atoms with E-state index in [1.54, 1.807) is 11.3 Å². The largest absolute Gasteiger partial charge is 0.304 e. The fourth-order valence-electron chi connectivity index (χ4n) is 2.60. The van der Waals surface area contributed by atoms with E-state index in [4.69, 9.17) is 0 Å². The van der Waals surface area contributed by atoms with Crippen molar-refractivity contribution in [1.29, 1.82) is 0 Å². The summed E-state index contributed by atoms with van der Waals surface area (Å²) in [6.07, 6.45) is 0. The first-order valence-corrected chi connectivity index (χ1v) is 7.97. The zero-order valence-corrected chi connectivity index (χ0v) is 12.9. The van der Waals surface area contributed by atoms with E-state index in [0.29, 0.717) is 6.54 Å². The van der Waals surface area contributed by atoms with Crippen molar-refractivity contribution in [3.05, 3.63) is 63.4 Å². The minimum atomic E-state index is 0.0795. The van der Waals surface area contributed by atoms with Crippen LogP contribution in [-0.4, -0.2) is 5.91 Å². The van der Waals surface area contributed by atoms with Crippen molar-refractivity contribution < 1.29 is 4.79 Å². The van der Waals surface area contributed by atoms with Crippen LogP contribution in [0.1, 0.15) is 15.9 Å². The molecule has 0 N–H and O–H groups in total. The summed E-state index contributed by atoms with van der Waals surface area (Å²) >= 11 is 5.15. The molecule has 4 heteroatoms. The predicted octanol–water partition coefficient (Wildman–Crippen LogP) is 4.82. The highest BCUT2D eigenvalue weighted by Gasteiger charge is 2.28. The lowest BCUT2D eigenvalue weighted by molar-refractivity contribution is 0.0996. The van der Waals surface area contributed by atoms with Crippen molar-refractivity contribution in [2.24, 2.45) is 0 Å². The molecule has 1 aliphatic rings. The van der Waals surface area contributed by atoms with Gasteiger partial charge in [0.15, 0.2) is 0 Å². The molecule has 0 aliphatic carbocycles. The highest BCUT2D eigenvalue weighted by atomic mass is 79.9. The molecule has 4 rings (SSSR count). The number of amides is 1. The Kier molecular flexibility index (Phi) is 2.69. The van der Waals surface area contributed by atoms with E-state index >= 15 is 0 Å². The summed E-state index contributed by atoms with van der Waals surface area (Å²) in [7, 11) is 0. The molecule has 0 saturated heterocycles. The number of anilines is 1. The lowest BCUT2D eigenvalue weighted by Gasteiger charge is -2.15. The SMILES string of the molecule is O=C1c2cc(Br)ccc2CN1c1ccc2sccc2c1. The third kappa shape index (κ3) is 1.79. The Morgan fingerprint density at radius 3 is 2.90 bits per heavy atom. The van der Waals surface area contributed by atoms with Gasteiger partial charge in [0.05, 0.1) is 6.54 Å². The molecule has 0 unspecified atom stereocenters. The maximum Gasteiger partial charge on any atom is 0.258 e. The summed E-state index contributed by atoms with van der Waals surface area (Å²) < 4.78 is 2.19. The first-order valence-electron chi connectivity index (χ1n) is 6.30. The molecular weight excluding hydrogens is 334 g/mol. The molecule has 0 saturated carbocycles. The van der Waals surface area contributed by atoms with E-state index in [-0.39, 0.29) is 5.91 Å². The molecule has 1 aromatic heterocycles. The number of nitrogens with zero attached hydrogens (tertiary/aromatic N) is 1. The fourth-order valence-corrected chi connectivity index (χ4v) is 3.74. The van der Waals surface area contributed by atoms with Gasteiger partial charge in [-0.25, -0.2) is 0 Å². The van der Waals surface area contributed by atoms with Gasteiger partial charge in [0.2, 0.25) is 0 Å². The summed E-state index contributed by atoms with van der Waals surface area (Å²) in [5, 5.41) is 3.27. The molecule has 0 radical (unpaired) electrons. The van der Waals surface area contributed by atoms with Crippen LogP contribution in [0, 0.1) is 0 Å². The summed E-state index contributed by atoms with van der Waals surface area (Å²) in [5.41, 5.74) is 2.85. The summed E-state index contributed by atoms with van der Waals surface area (Å²) in [5.74, 6) is 0.0795. The quantitative estimate of drug-likeness (QED) is 0.620. The first-order chi connectivity index (χ1) is 9.72. The second kappa shape index (κ2) is 4.43. The minimum Gasteiger partial charge on any atom is -0.304 e. The van der Waals surface area contributed by atoms with Gasteiger partial charge in [-0.1, -0.05) is 22.0 Å². The smallest absolute Gasteiger partial charge is 0.258 e. The van der Waals surface area contributed by atoms with Crippen molar-refractivity contribution >= 4 is 48.9 Å². The maximum absolute atomic E-state index is 12.5. The van der Waals surface area contributed by atoms with Crippen LogP contribution in [0.25, 0.3) is 10.1 Å². The molecule has 1 amide bonds. The average molecular weight is 344 g/mol. The van der Waals surface area contributed by atoms with Crippen LogP contribution in [0.2, 0.25) is 0 Å². The second-order valence-electron chi connectivity index (χ2n) is 4.84. The number of hydrogen-bond donors (Lipinski definition) is 0. The van der Waals surface area contributed by atoms with Gasteiger partial charge in [0.1, 0.15) is 0 Å². The summed E-state index contributed by atoms with van der Waals surface area (Å²) in [4.78, 5) is 14.4. The average Bonchev–Trinajstić information content (AvgIpc) is 3.03. The molecule has 0 bridgehead atoms. The molecule has 1 aliphatic heterocycles. The van der Waals surface area contributed by atoms with E-state index in [0.717, 1.165) is 21.3 Å². The second-order valence-corrected chi connectivity index (χ2v) is 6.70. The Balaban J connectivity index is 1.79. The Morgan fingerprint density at radius 2 is 2.00 bits per heavy atom. The van der Waals surface area contributed by atoms with Crippen LogP contribution in [-0.2, 0) is 6.54 Å².